The van der Waals surface area contributed by atoms with E-state index in [-0.39, 0.29) is 11.8 Å². The van der Waals surface area contributed by atoms with Crippen molar-refractivity contribution in [1.82, 2.24) is 39.1 Å². The zero-order valence-electron chi connectivity index (χ0n) is 24.8. The molecular weight excluding hydrogens is 556 g/mol. The van der Waals surface area contributed by atoms with Gasteiger partial charge in [-0.25, -0.2) is 4.79 Å². The number of halogens is 1. The van der Waals surface area contributed by atoms with E-state index in [4.69, 9.17) is 16.7 Å². The van der Waals surface area contributed by atoms with E-state index >= 15 is 0 Å². The summed E-state index contributed by atoms with van der Waals surface area (Å²) in [7, 11) is 3.31. The second-order valence-corrected chi connectivity index (χ2v) is 11.9. The number of carbonyl (C=O) groups is 1. The number of H-pyrrole nitrogens is 1. The largest absolute Gasteiger partial charge is 0.361 e. The Hall–Kier alpha value is -4.09. The Morgan fingerprint density at radius 2 is 1.86 bits per heavy atom. The maximum absolute atomic E-state index is 13.7. The summed E-state index contributed by atoms with van der Waals surface area (Å²) in [5.74, 6) is -0.0723. The Bertz CT molecular complexity index is 1900. The molecule has 42 heavy (non-hydrogen) atoms. The summed E-state index contributed by atoms with van der Waals surface area (Å²) in [5.41, 5.74) is 2.92. The average Bonchev–Trinajstić information content (AvgIpc) is 3.62. The van der Waals surface area contributed by atoms with Gasteiger partial charge in [-0.3, -0.25) is 23.4 Å². The van der Waals surface area contributed by atoms with Gasteiger partial charge >= 0.3 is 5.69 Å². The van der Waals surface area contributed by atoms with Crippen LogP contribution in [0.2, 0.25) is 5.02 Å². The summed E-state index contributed by atoms with van der Waals surface area (Å²) in [5, 5.41) is 13.0. The highest BCUT2D eigenvalue weighted by Gasteiger charge is 2.26. The van der Waals surface area contributed by atoms with Crippen LogP contribution >= 0.6 is 11.6 Å². The van der Waals surface area contributed by atoms with Gasteiger partial charge in [0.25, 0.3) is 11.5 Å². The number of hydrogen-bond acceptors (Lipinski definition) is 5. The van der Waals surface area contributed by atoms with Crippen LogP contribution in [0.15, 0.2) is 46.2 Å². The third-order valence-corrected chi connectivity index (χ3v) is 7.53. The number of aromatic nitrogens is 6. The molecule has 1 aromatic carbocycles. The average molecular weight is 593 g/mol. The monoisotopic (exact) mass is 592 g/mol. The summed E-state index contributed by atoms with van der Waals surface area (Å²) in [4.78, 5) is 43.3. The van der Waals surface area contributed by atoms with Crippen molar-refractivity contribution >= 4 is 39.4 Å². The number of aromatic amines is 1. The normalized spacial score (nSPS) is 11.9. The lowest BCUT2D eigenvalue weighted by Crippen LogP contribution is -2.38. The van der Waals surface area contributed by atoms with Gasteiger partial charge in [-0.1, -0.05) is 39.3 Å². The van der Waals surface area contributed by atoms with E-state index in [1.165, 1.54) is 7.05 Å². The van der Waals surface area contributed by atoms with E-state index in [1.807, 2.05) is 49.9 Å². The Morgan fingerprint density at radius 3 is 2.57 bits per heavy atom. The zero-order chi connectivity index (χ0) is 30.3. The molecule has 0 unspecified atom stereocenters. The molecule has 0 saturated heterocycles. The minimum atomic E-state index is -0.440. The molecule has 0 spiro atoms. The van der Waals surface area contributed by atoms with Gasteiger partial charge < -0.3 is 20.2 Å². The summed E-state index contributed by atoms with van der Waals surface area (Å²) in [6.45, 7) is 9.95. The quantitative estimate of drug-likeness (QED) is 0.214. The van der Waals surface area contributed by atoms with Crippen molar-refractivity contribution < 1.29 is 4.79 Å². The summed E-state index contributed by atoms with van der Waals surface area (Å²) >= 11 is 6.32. The molecule has 0 atom stereocenters. The van der Waals surface area contributed by atoms with Crippen molar-refractivity contribution in [2.24, 2.45) is 20.0 Å². The van der Waals surface area contributed by atoms with Crippen molar-refractivity contribution in [3.8, 4) is 11.4 Å². The molecule has 5 rings (SSSR count). The number of fused-ring (bicyclic) bond motifs is 2. The molecule has 12 heteroatoms. The van der Waals surface area contributed by atoms with Gasteiger partial charge in [-0.15, -0.1) is 0 Å². The van der Waals surface area contributed by atoms with Crippen LogP contribution in [0.25, 0.3) is 33.3 Å². The Balaban J connectivity index is 1.68. The molecular formula is C30H37ClN8O3. The lowest BCUT2D eigenvalue weighted by atomic mass is 10.1. The molecule has 3 N–H and O–H groups in total. The summed E-state index contributed by atoms with van der Waals surface area (Å²) < 4.78 is 6.25. The molecule has 4 aromatic heterocycles. The number of rotatable bonds is 10. The fourth-order valence-electron chi connectivity index (χ4n) is 5.27. The first-order chi connectivity index (χ1) is 20.0. The van der Waals surface area contributed by atoms with Crippen LogP contribution in [0.4, 0.5) is 0 Å². The van der Waals surface area contributed by atoms with Gasteiger partial charge in [0.1, 0.15) is 11.1 Å². The number of nitrogens with zero attached hydrogens (tertiary/aromatic N) is 5. The number of aryl methyl sites for hydroxylation is 1. The molecule has 5 aromatic rings. The Morgan fingerprint density at radius 1 is 1.10 bits per heavy atom. The number of carbonyl (C=O) groups excluding carboxylic acids is 1. The molecule has 1 amide bonds. The minimum Gasteiger partial charge on any atom is -0.361 e. The zero-order valence-corrected chi connectivity index (χ0v) is 25.5. The molecule has 11 nitrogen and oxygen atoms in total. The second kappa shape index (κ2) is 11.7. The molecule has 0 aliphatic carbocycles. The molecule has 0 bridgehead atoms. The summed E-state index contributed by atoms with van der Waals surface area (Å²) in [6.07, 6.45) is 3.63. The fourth-order valence-corrected chi connectivity index (χ4v) is 5.44. The predicted octanol–water partition coefficient (Wildman–Crippen LogP) is 3.47. The first-order valence-electron chi connectivity index (χ1n) is 14.1. The van der Waals surface area contributed by atoms with Crippen molar-refractivity contribution in [3.05, 3.63) is 73.6 Å². The number of hydrogen-bond donors (Lipinski definition) is 3. The summed E-state index contributed by atoms with van der Waals surface area (Å²) in [6, 6.07) is 7.71. The van der Waals surface area contributed by atoms with E-state index < -0.39 is 11.2 Å². The van der Waals surface area contributed by atoms with Gasteiger partial charge in [0, 0.05) is 68.1 Å². The van der Waals surface area contributed by atoms with Crippen molar-refractivity contribution in [2.45, 2.75) is 46.8 Å². The van der Waals surface area contributed by atoms with Crippen LogP contribution in [0.5, 0.6) is 0 Å². The first-order valence-corrected chi connectivity index (χ1v) is 14.5. The second-order valence-electron chi connectivity index (χ2n) is 11.4. The molecule has 222 valence electrons. The van der Waals surface area contributed by atoms with Crippen molar-refractivity contribution in [2.75, 3.05) is 13.1 Å². The SMILES string of the molecule is CC(C)Cn1c(=O)n(C)c(=O)c2c(-c3cc(C(=O)NCCNC(C)C)cn3C)n(Cc3c[nH]c4ccc(Cl)cc34)nc21. The first kappa shape index (κ1) is 29.4. The fraction of sp³-hybridized carbons (Fsp3) is 0.400. The highest BCUT2D eigenvalue weighted by Crippen LogP contribution is 2.30. The van der Waals surface area contributed by atoms with Crippen LogP contribution in [-0.4, -0.2) is 53.5 Å². The predicted molar refractivity (Wildman–Crippen MR) is 166 cm³/mol. The van der Waals surface area contributed by atoms with Crippen LogP contribution in [0, 0.1) is 5.92 Å². The molecule has 4 heterocycles. The highest BCUT2D eigenvalue weighted by molar-refractivity contribution is 6.31. The van der Waals surface area contributed by atoms with Crippen LogP contribution in [0.1, 0.15) is 43.6 Å². The minimum absolute atomic E-state index is 0.142. The molecule has 0 aliphatic rings. The van der Waals surface area contributed by atoms with E-state index in [0.29, 0.717) is 65.2 Å². The maximum Gasteiger partial charge on any atom is 0.332 e. The van der Waals surface area contributed by atoms with Gasteiger partial charge in [0.15, 0.2) is 5.65 Å². The molecule has 0 radical (unpaired) electrons. The van der Waals surface area contributed by atoms with Crippen LogP contribution in [0.3, 0.4) is 0 Å². The van der Waals surface area contributed by atoms with Gasteiger partial charge in [-0.05, 0) is 35.7 Å². The smallest absolute Gasteiger partial charge is 0.332 e. The topological polar surface area (TPSA) is 124 Å². The lowest BCUT2D eigenvalue weighted by molar-refractivity contribution is 0.0953. The number of benzene rings is 1. The highest BCUT2D eigenvalue weighted by atomic mass is 35.5. The van der Waals surface area contributed by atoms with Crippen molar-refractivity contribution in [1.29, 1.82) is 0 Å². The standard InChI is InChI=1S/C30H37ClN8O3/c1-17(2)14-38-27-25(29(41)37(6)30(38)42)26(24-11-19(15-36(24)5)28(40)33-10-9-32-18(3)4)39(35-27)16-20-13-34-23-8-7-21(31)12-22(20)23/h7-8,11-13,15,17-18,32,34H,9-10,14,16H2,1-6H3,(H,33,40). The van der Waals surface area contributed by atoms with Gasteiger partial charge in [-0.2, -0.15) is 5.10 Å². The Labute approximate surface area is 248 Å². The van der Waals surface area contributed by atoms with E-state index in [2.05, 4.69) is 29.5 Å². The van der Waals surface area contributed by atoms with Gasteiger partial charge in [0.2, 0.25) is 0 Å². The third-order valence-electron chi connectivity index (χ3n) is 7.30. The molecule has 0 saturated carbocycles. The molecule has 0 aliphatic heterocycles. The lowest BCUT2D eigenvalue weighted by Gasteiger charge is -2.11. The Kier molecular flexibility index (Phi) is 8.16. The number of nitrogens with one attached hydrogen (secondary N) is 3. The maximum atomic E-state index is 13.7. The van der Waals surface area contributed by atoms with E-state index in [0.717, 1.165) is 21.0 Å². The van der Waals surface area contributed by atoms with E-state index in [1.54, 1.807) is 21.5 Å². The van der Waals surface area contributed by atoms with Gasteiger partial charge in [0.05, 0.1) is 17.8 Å². The molecule has 0 fully saturated rings. The van der Waals surface area contributed by atoms with Crippen molar-refractivity contribution in [3.63, 3.8) is 0 Å². The van der Waals surface area contributed by atoms with Crippen LogP contribution in [-0.2, 0) is 27.2 Å². The van der Waals surface area contributed by atoms with E-state index in [9.17, 15) is 14.4 Å². The van der Waals surface area contributed by atoms with Crippen LogP contribution < -0.4 is 21.9 Å². The third kappa shape index (κ3) is 5.54. The number of amides is 1.